The molecule has 0 unspecified atom stereocenters. The largest absolute Gasteiger partial charge is 0.321 e. The molecule has 0 aromatic carbocycles. The van der Waals surface area contributed by atoms with Crippen molar-refractivity contribution >= 4 is 17.6 Å². The van der Waals surface area contributed by atoms with Gasteiger partial charge in [0, 0.05) is 11.1 Å². The second-order valence-electron chi connectivity index (χ2n) is 2.95. The van der Waals surface area contributed by atoms with Crippen LogP contribution in [-0.2, 0) is 6.54 Å². The van der Waals surface area contributed by atoms with Crippen molar-refractivity contribution in [1.29, 1.82) is 0 Å². The number of hydrogen-bond acceptors (Lipinski definition) is 4. The van der Waals surface area contributed by atoms with Crippen LogP contribution >= 0.6 is 11.3 Å². The number of thiazole rings is 1. The molecule has 14 heavy (non-hydrogen) atoms. The van der Waals surface area contributed by atoms with E-state index in [4.69, 9.17) is 0 Å². The van der Waals surface area contributed by atoms with E-state index in [2.05, 4.69) is 9.97 Å². The van der Waals surface area contributed by atoms with Gasteiger partial charge in [-0.3, -0.25) is 4.79 Å². The van der Waals surface area contributed by atoms with E-state index in [1.807, 2.05) is 12.3 Å². The number of aryl methyl sites for hydroxylation is 1. The molecule has 4 nitrogen and oxygen atoms in total. The Morgan fingerprint density at radius 1 is 1.64 bits per heavy atom. The fourth-order valence-corrected chi connectivity index (χ4v) is 1.95. The summed E-state index contributed by atoms with van der Waals surface area (Å²) < 4.78 is 1.78. The summed E-state index contributed by atoms with van der Waals surface area (Å²) in [6.07, 6.45) is 3.99. The van der Waals surface area contributed by atoms with E-state index in [-0.39, 0.29) is 0 Å². The summed E-state index contributed by atoms with van der Waals surface area (Å²) >= 11 is 1.59. The molecule has 0 saturated heterocycles. The van der Waals surface area contributed by atoms with Crippen LogP contribution in [0.1, 0.15) is 21.2 Å². The molecule has 2 rings (SSSR count). The number of carbonyl (C=O) groups excluding carboxylic acids is 1. The van der Waals surface area contributed by atoms with Crippen molar-refractivity contribution in [3.8, 4) is 0 Å². The standard InChI is InChI=1S/C9H9N3OS/c1-7-5-14-9(11-7)3-12-6-10-2-8(12)4-13/h2,4-6H,3H2,1H3. The highest BCUT2D eigenvalue weighted by Gasteiger charge is 2.03. The van der Waals surface area contributed by atoms with E-state index in [1.165, 1.54) is 0 Å². The SMILES string of the molecule is Cc1csc(Cn2cncc2C=O)n1. The van der Waals surface area contributed by atoms with E-state index in [1.54, 1.807) is 28.4 Å². The lowest BCUT2D eigenvalue weighted by Crippen LogP contribution is -2.01. The zero-order valence-corrected chi connectivity index (χ0v) is 8.49. The van der Waals surface area contributed by atoms with Crippen LogP contribution in [0.3, 0.4) is 0 Å². The van der Waals surface area contributed by atoms with E-state index in [0.717, 1.165) is 17.0 Å². The van der Waals surface area contributed by atoms with Gasteiger partial charge in [-0.1, -0.05) is 0 Å². The highest BCUT2D eigenvalue weighted by Crippen LogP contribution is 2.11. The highest BCUT2D eigenvalue weighted by molar-refractivity contribution is 7.09. The molecular weight excluding hydrogens is 198 g/mol. The lowest BCUT2D eigenvalue weighted by molar-refractivity contribution is 0.111. The van der Waals surface area contributed by atoms with Crippen molar-refractivity contribution in [1.82, 2.24) is 14.5 Å². The maximum atomic E-state index is 10.6. The minimum atomic E-state index is 0.581. The van der Waals surface area contributed by atoms with Crippen LogP contribution in [0.2, 0.25) is 0 Å². The molecule has 0 bridgehead atoms. The molecule has 0 aliphatic carbocycles. The van der Waals surface area contributed by atoms with Gasteiger partial charge in [0.2, 0.25) is 0 Å². The first-order valence-corrected chi connectivity index (χ1v) is 5.04. The summed E-state index contributed by atoms with van der Waals surface area (Å²) in [5.41, 5.74) is 1.59. The van der Waals surface area contributed by atoms with Gasteiger partial charge in [-0.15, -0.1) is 11.3 Å². The van der Waals surface area contributed by atoms with Crippen molar-refractivity contribution in [3.05, 3.63) is 34.3 Å². The number of carbonyl (C=O) groups is 1. The molecule has 0 saturated carbocycles. The van der Waals surface area contributed by atoms with E-state index in [9.17, 15) is 4.79 Å². The first-order valence-electron chi connectivity index (χ1n) is 4.16. The van der Waals surface area contributed by atoms with Gasteiger partial charge in [-0.05, 0) is 6.92 Å². The predicted molar refractivity (Wildman–Crippen MR) is 53.6 cm³/mol. The van der Waals surface area contributed by atoms with Gasteiger partial charge in [0.25, 0.3) is 0 Å². The van der Waals surface area contributed by atoms with E-state index in [0.29, 0.717) is 12.2 Å². The minimum Gasteiger partial charge on any atom is -0.321 e. The van der Waals surface area contributed by atoms with Gasteiger partial charge in [0.15, 0.2) is 6.29 Å². The smallest absolute Gasteiger partial charge is 0.168 e. The molecule has 0 spiro atoms. The number of rotatable bonds is 3. The topological polar surface area (TPSA) is 47.8 Å². The average molecular weight is 207 g/mol. The maximum Gasteiger partial charge on any atom is 0.168 e. The Bertz CT molecular complexity index is 446. The Kier molecular flexibility index (Phi) is 2.41. The van der Waals surface area contributed by atoms with Crippen LogP contribution in [0.25, 0.3) is 0 Å². The molecule has 0 aliphatic heterocycles. The Morgan fingerprint density at radius 3 is 3.14 bits per heavy atom. The van der Waals surface area contributed by atoms with Crippen LogP contribution in [0, 0.1) is 6.92 Å². The predicted octanol–water partition coefficient (Wildman–Crippen LogP) is 1.51. The average Bonchev–Trinajstić information content (AvgIpc) is 2.76. The molecule has 2 heterocycles. The van der Waals surface area contributed by atoms with Crippen LogP contribution < -0.4 is 0 Å². The Hall–Kier alpha value is -1.49. The number of nitrogens with zero attached hydrogens (tertiary/aromatic N) is 3. The number of aromatic nitrogens is 3. The molecule has 0 amide bonds. The molecule has 2 aromatic heterocycles. The second-order valence-corrected chi connectivity index (χ2v) is 3.89. The lowest BCUT2D eigenvalue weighted by atomic mass is 10.5. The summed E-state index contributed by atoms with van der Waals surface area (Å²) in [7, 11) is 0. The first-order chi connectivity index (χ1) is 6.79. The molecule has 0 atom stereocenters. The Morgan fingerprint density at radius 2 is 2.50 bits per heavy atom. The molecule has 2 aromatic rings. The maximum absolute atomic E-state index is 10.6. The summed E-state index contributed by atoms with van der Waals surface area (Å²) in [5, 5.41) is 2.98. The van der Waals surface area contributed by atoms with Gasteiger partial charge in [0.1, 0.15) is 10.7 Å². The highest BCUT2D eigenvalue weighted by atomic mass is 32.1. The second kappa shape index (κ2) is 3.71. The number of aldehydes is 1. The Balaban J connectivity index is 2.22. The van der Waals surface area contributed by atoms with Crippen LogP contribution in [0.15, 0.2) is 17.9 Å². The molecule has 0 aliphatic rings. The third-order valence-corrected chi connectivity index (χ3v) is 2.79. The summed E-state index contributed by atoms with van der Waals surface area (Å²) in [6.45, 7) is 2.57. The molecule has 5 heteroatoms. The first kappa shape index (κ1) is 9.08. The Labute approximate surface area is 85.2 Å². The third-order valence-electron chi connectivity index (χ3n) is 1.84. The van der Waals surface area contributed by atoms with Gasteiger partial charge in [-0.25, -0.2) is 9.97 Å². The van der Waals surface area contributed by atoms with Crippen molar-refractivity contribution in [2.45, 2.75) is 13.5 Å². The zero-order valence-electron chi connectivity index (χ0n) is 7.67. The summed E-state index contributed by atoms with van der Waals surface area (Å²) in [6, 6.07) is 0. The number of hydrogen-bond donors (Lipinski definition) is 0. The van der Waals surface area contributed by atoms with E-state index >= 15 is 0 Å². The van der Waals surface area contributed by atoms with Crippen molar-refractivity contribution in [2.24, 2.45) is 0 Å². The van der Waals surface area contributed by atoms with Gasteiger partial charge >= 0.3 is 0 Å². The van der Waals surface area contributed by atoms with Gasteiger partial charge < -0.3 is 4.57 Å². The van der Waals surface area contributed by atoms with Crippen molar-refractivity contribution in [3.63, 3.8) is 0 Å². The summed E-state index contributed by atoms with van der Waals surface area (Å²) in [4.78, 5) is 18.8. The fraction of sp³-hybridized carbons (Fsp3) is 0.222. The third kappa shape index (κ3) is 1.72. The number of imidazole rings is 1. The molecule has 0 N–H and O–H groups in total. The van der Waals surface area contributed by atoms with Crippen molar-refractivity contribution < 1.29 is 4.79 Å². The van der Waals surface area contributed by atoms with Crippen molar-refractivity contribution in [2.75, 3.05) is 0 Å². The van der Waals surface area contributed by atoms with Crippen LogP contribution in [0.4, 0.5) is 0 Å². The minimum absolute atomic E-state index is 0.581. The van der Waals surface area contributed by atoms with Gasteiger partial charge in [0.05, 0.1) is 19.1 Å². The van der Waals surface area contributed by atoms with Crippen LogP contribution in [-0.4, -0.2) is 20.8 Å². The molecular formula is C9H9N3OS. The zero-order chi connectivity index (χ0) is 9.97. The molecule has 72 valence electrons. The summed E-state index contributed by atoms with van der Waals surface area (Å²) in [5.74, 6) is 0. The quantitative estimate of drug-likeness (QED) is 0.717. The monoisotopic (exact) mass is 207 g/mol. The van der Waals surface area contributed by atoms with Crippen LogP contribution in [0.5, 0.6) is 0 Å². The molecule has 0 fully saturated rings. The normalized spacial score (nSPS) is 10.4. The van der Waals surface area contributed by atoms with E-state index < -0.39 is 0 Å². The lowest BCUT2D eigenvalue weighted by Gasteiger charge is -1.99. The molecule has 0 radical (unpaired) electrons. The fourth-order valence-electron chi connectivity index (χ4n) is 1.18. The van der Waals surface area contributed by atoms with Gasteiger partial charge in [-0.2, -0.15) is 0 Å².